The summed E-state index contributed by atoms with van der Waals surface area (Å²) in [7, 11) is 1.71. The van der Waals surface area contributed by atoms with Gasteiger partial charge >= 0.3 is 0 Å². The van der Waals surface area contributed by atoms with Gasteiger partial charge in [-0.1, -0.05) is 20.8 Å². The van der Waals surface area contributed by atoms with Crippen LogP contribution in [0.15, 0.2) is 12.3 Å². The van der Waals surface area contributed by atoms with Crippen molar-refractivity contribution in [3.8, 4) is 5.75 Å². The van der Waals surface area contributed by atoms with E-state index in [0.717, 1.165) is 29.8 Å². The highest BCUT2D eigenvalue weighted by Gasteiger charge is 2.24. The van der Waals surface area contributed by atoms with Crippen molar-refractivity contribution in [1.82, 2.24) is 4.98 Å². The molecule has 0 radical (unpaired) electrons. The molecule has 15 heavy (non-hydrogen) atoms. The molecular formula is C13H21NO. The summed E-state index contributed by atoms with van der Waals surface area (Å²) in [6.45, 7) is 8.68. The lowest BCUT2D eigenvalue weighted by atomic mass is 9.81. The van der Waals surface area contributed by atoms with Crippen LogP contribution in [0.25, 0.3) is 0 Å². The summed E-state index contributed by atoms with van der Waals surface area (Å²) in [4.78, 5) is 4.52. The monoisotopic (exact) mass is 207 g/mol. The highest BCUT2D eigenvalue weighted by molar-refractivity contribution is 5.34. The topological polar surface area (TPSA) is 22.1 Å². The molecule has 0 bridgehead atoms. The number of pyridine rings is 1. The summed E-state index contributed by atoms with van der Waals surface area (Å²) < 4.78 is 5.33. The molecule has 1 aromatic rings. The minimum absolute atomic E-state index is 0.168. The highest BCUT2D eigenvalue weighted by atomic mass is 16.5. The number of aryl methyl sites for hydroxylation is 1. The average Bonchev–Trinajstić information content (AvgIpc) is 2.28. The molecule has 0 spiro atoms. The second-order valence-corrected chi connectivity index (χ2v) is 4.31. The van der Waals surface area contributed by atoms with Gasteiger partial charge in [0.05, 0.1) is 7.11 Å². The normalized spacial score (nSPS) is 11.5. The van der Waals surface area contributed by atoms with Gasteiger partial charge < -0.3 is 4.74 Å². The van der Waals surface area contributed by atoms with Crippen LogP contribution in [-0.2, 0) is 5.41 Å². The molecule has 0 unspecified atom stereocenters. The Kier molecular flexibility index (Phi) is 3.72. The molecule has 84 valence electrons. The van der Waals surface area contributed by atoms with Gasteiger partial charge in [0.1, 0.15) is 5.75 Å². The van der Waals surface area contributed by atoms with Crippen molar-refractivity contribution < 1.29 is 4.74 Å². The Bertz CT molecular complexity index is 329. The van der Waals surface area contributed by atoms with Crippen molar-refractivity contribution in [3.05, 3.63) is 23.5 Å². The van der Waals surface area contributed by atoms with E-state index in [0.29, 0.717) is 0 Å². The van der Waals surface area contributed by atoms with Gasteiger partial charge in [-0.15, -0.1) is 0 Å². The fourth-order valence-corrected chi connectivity index (χ4v) is 1.67. The molecule has 0 saturated heterocycles. The van der Waals surface area contributed by atoms with Gasteiger partial charge in [0.25, 0.3) is 0 Å². The van der Waals surface area contributed by atoms with Crippen LogP contribution in [0.4, 0.5) is 0 Å². The van der Waals surface area contributed by atoms with Gasteiger partial charge in [-0.2, -0.15) is 0 Å². The van der Waals surface area contributed by atoms with Crippen molar-refractivity contribution in [2.75, 3.05) is 7.11 Å². The number of nitrogens with zero attached hydrogens (tertiary/aromatic N) is 1. The molecule has 2 nitrogen and oxygen atoms in total. The van der Waals surface area contributed by atoms with E-state index in [1.807, 2.05) is 13.1 Å². The van der Waals surface area contributed by atoms with Gasteiger partial charge in [-0.05, 0) is 19.8 Å². The van der Waals surface area contributed by atoms with E-state index in [2.05, 4.69) is 31.8 Å². The molecule has 1 aromatic heterocycles. The molecule has 0 atom stereocenters. The van der Waals surface area contributed by atoms with E-state index in [9.17, 15) is 0 Å². The van der Waals surface area contributed by atoms with Crippen molar-refractivity contribution >= 4 is 0 Å². The van der Waals surface area contributed by atoms with Gasteiger partial charge in [0, 0.05) is 28.9 Å². The predicted octanol–water partition coefficient (Wildman–Crippen LogP) is 3.48. The average molecular weight is 207 g/mol. The largest absolute Gasteiger partial charge is 0.496 e. The van der Waals surface area contributed by atoms with Gasteiger partial charge in [0.2, 0.25) is 0 Å². The number of hydrogen-bond acceptors (Lipinski definition) is 2. The van der Waals surface area contributed by atoms with Crippen LogP contribution in [0.2, 0.25) is 0 Å². The first-order chi connectivity index (χ1) is 7.07. The lowest BCUT2D eigenvalue weighted by Crippen LogP contribution is -2.21. The van der Waals surface area contributed by atoms with E-state index in [1.165, 1.54) is 0 Å². The zero-order valence-corrected chi connectivity index (χ0v) is 10.4. The third-order valence-corrected chi connectivity index (χ3v) is 3.45. The first-order valence-electron chi connectivity index (χ1n) is 5.58. The lowest BCUT2D eigenvalue weighted by Gasteiger charge is -2.26. The standard InChI is InChI=1S/C13H21NO/c1-6-13(4,7-2)12-8-11(15-5)10(3)9-14-12/h8-9H,6-7H2,1-5H3. The fraction of sp³-hybridized carbons (Fsp3) is 0.615. The molecule has 0 saturated carbocycles. The summed E-state index contributed by atoms with van der Waals surface area (Å²) in [6, 6.07) is 2.07. The molecule has 0 aliphatic rings. The molecular weight excluding hydrogens is 186 g/mol. The first kappa shape index (κ1) is 12.0. The molecule has 1 rings (SSSR count). The van der Waals surface area contributed by atoms with Gasteiger partial charge in [-0.25, -0.2) is 0 Å². The Morgan fingerprint density at radius 3 is 2.40 bits per heavy atom. The van der Waals surface area contributed by atoms with Crippen molar-refractivity contribution in [2.45, 2.75) is 46.0 Å². The summed E-state index contributed by atoms with van der Waals surface area (Å²) in [5, 5.41) is 0. The molecule has 0 fully saturated rings. The maximum Gasteiger partial charge on any atom is 0.125 e. The summed E-state index contributed by atoms with van der Waals surface area (Å²) in [6.07, 6.45) is 4.10. The van der Waals surface area contributed by atoms with E-state index in [-0.39, 0.29) is 5.41 Å². The van der Waals surface area contributed by atoms with Crippen molar-refractivity contribution in [1.29, 1.82) is 0 Å². The van der Waals surface area contributed by atoms with Crippen molar-refractivity contribution in [3.63, 3.8) is 0 Å². The first-order valence-corrected chi connectivity index (χ1v) is 5.58. The third-order valence-electron chi connectivity index (χ3n) is 3.45. The minimum Gasteiger partial charge on any atom is -0.496 e. The Morgan fingerprint density at radius 1 is 1.33 bits per heavy atom. The molecule has 0 N–H and O–H groups in total. The van der Waals surface area contributed by atoms with Crippen LogP contribution in [0, 0.1) is 6.92 Å². The number of aromatic nitrogens is 1. The molecule has 0 amide bonds. The maximum absolute atomic E-state index is 5.33. The van der Waals surface area contributed by atoms with Crippen LogP contribution >= 0.6 is 0 Å². The predicted molar refractivity (Wildman–Crippen MR) is 63.5 cm³/mol. The molecule has 1 heterocycles. The van der Waals surface area contributed by atoms with E-state index in [1.54, 1.807) is 7.11 Å². The Hall–Kier alpha value is -1.05. The van der Waals surface area contributed by atoms with Crippen LogP contribution in [0.3, 0.4) is 0 Å². The number of ether oxygens (including phenoxy) is 1. The zero-order valence-electron chi connectivity index (χ0n) is 10.4. The Balaban J connectivity index is 3.15. The van der Waals surface area contributed by atoms with Crippen LogP contribution in [0.5, 0.6) is 5.75 Å². The van der Waals surface area contributed by atoms with Crippen LogP contribution < -0.4 is 4.74 Å². The number of rotatable bonds is 4. The summed E-state index contributed by atoms with van der Waals surface area (Å²) in [5.74, 6) is 0.938. The molecule has 0 aliphatic heterocycles. The smallest absolute Gasteiger partial charge is 0.125 e. The Morgan fingerprint density at radius 2 is 1.93 bits per heavy atom. The Labute approximate surface area is 92.7 Å². The van der Waals surface area contributed by atoms with Crippen molar-refractivity contribution in [2.24, 2.45) is 0 Å². The van der Waals surface area contributed by atoms with E-state index < -0.39 is 0 Å². The molecule has 0 aliphatic carbocycles. The van der Waals surface area contributed by atoms with E-state index >= 15 is 0 Å². The maximum atomic E-state index is 5.33. The number of hydrogen-bond donors (Lipinski definition) is 0. The second kappa shape index (κ2) is 4.65. The SMILES string of the molecule is CCC(C)(CC)c1cc(OC)c(C)cn1. The zero-order chi connectivity index (χ0) is 11.5. The van der Waals surface area contributed by atoms with Crippen LogP contribution in [-0.4, -0.2) is 12.1 Å². The van der Waals surface area contributed by atoms with Crippen LogP contribution in [0.1, 0.15) is 44.9 Å². The number of methoxy groups -OCH3 is 1. The minimum atomic E-state index is 0.168. The quantitative estimate of drug-likeness (QED) is 0.754. The second-order valence-electron chi connectivity index (χ2n) is 4.31. The summed E-state index contributed by atoms with van der Waals surface area (Å²) >= 11 is 0. The molecule has 0 aromatic carbocycles. The van der Waals surface area contributed by atoms with Gasteiger partial charge in [-0.3, -0.25) is 4.98 Å². The van der Waals surface area contributed by atoms with Gasteiger partial charge in [0.15, 0.2) is 0 Å². The molecule has 2 heteroatoms. The third kappa shape index (κ3) is 2.31. The highest BCUT2D eigenvalue weighted by Crippen LogP contribution is 2.32. The van der Waals surface area contributed by atoms with E-state index in [4.69, 9.17) is 4.74 Å². The fourth-order valence-electron chi connectivity index (χ4n) is 1.67. The lowest BCUT2D eigenvalue weighted by molar-refractivity contribution is 0.397. The summed E-state index contributed by atoms with van der Waals surface area (Å²) in [5.41, 5.74) is 2.40.